The molecule has 248 valence electrons. The number of rotatable bonds is 9. The quantitative estimate of drug-likeness (QED) is 0.141. The highest BCUT2D eigenvalue weighted by Crippen LogP contribution is 2.51. The fraction of sp³-hybridized carbons (Fsp3) is 0.362. The fourth-order valence-corrected chi connectivity index (χ4v) is 9.61. The Labute approximate surface area is 294 Å². The summed E-state index contributed by atoms with van der Waals surface area (Å²) >= 11 is 0. The summed E-state index contributed by atoms with van der Waals surface area (Å²) in [5.74, 6) is 1.43. The molecule has 0 saturated heterocycles. The molecule has 0 N–H and O–H groups in total. The van der Waals surface area contributed by atoms with Crippen LogP contribution < -0.4 is 9.13 Å². The molecule has 49 heavy (non-hydrogen) atoms. The highest BCUT2D eigenvalue weighted by Gasteiger charge is 2.47. The Hall–Kier alpha value is -4.30. The predicted molar refractivity (Wildman–Crippen MR) is 203 cm³/mol. The lowest BCUT2D eigenvalue weighted by Gasteiger charge is -2.39. The molecule has 0 unspecified atom stereocenters. The van der Waals surface area contributed by atoms with Gasteiger partial charge in [0.15, 0.2) is 17.9 Å². The van der Waals surface area contributed by atoms with Gasteiger partial charge in [-0.05, 0) is 108 Å². The van der Waals surface area contributed by atoms with E-state index in [4.69, 9.17) is 0 Å². The van der Waals surface area contributed by atoms with Crippen molar-refractivity contribution in [1.29, 1.82) is 0 Å². The van der Waals surface area contributed by atoms with Gasteiger partial charge < -0.3 is 0 Å². The van der Waals surface area contributed by atoms with E-state index in [1.54, 1.807) is 11.1 Å². The molecule has 3 heterocycles. The minimum Gasteiger partial charge on any atom is -0.201 e. The average molecular weight is 645 g/mol. The van der Waals surface area contributed by atoms with Crippen molar-refractivity contribution in [3.05, 3.63) is 137 Å². The van der Waals surface area contributed by atoms with E-state index in [0.29, 0.717) is 5.92 Å². The summed E-state index contributed by atoms with van der Waals surface area (Å²) in [4.78, 5) is 0. The lowest BCUT2D eigenvalue weighted by molar-refractivity contribution is -0.742. The third-order valence-corrected chi connectivity index (χ3v) is 12.4. The third-order valence-electron chi connectivity index (χ3n) is 12.4. The average Bonchev–Trinajstić information content (AvgIpc) is 3.16. The molecule has 3 aromatic carbocycles. The molecule has 0 atom stereocenters. The minimum absolute atomic E-state index is 0.0861. The molecule has 2 bridgehead atoms. The summed E-state index contributed by atoms with van der Waals surface area (Å²) in [6.45, 7) is 7.09. The number of unbranched alkanes of at least 4 members (excludes halogenated alkanes) is 1. The summed E-state index contributed by atoms with van der Waals surface area (Å²) in [6.07, 6.45) is 19.4. The number of fused-ring (bicyclic) bond motifs is 5. The van der Waals surface area contributed by atoms with Crippen molar-refractivity contribution in [2.75, 3.05) is 0 Å². The Morgan fingerprint density at radius 2 is 1.39 bits per heavy atom. The molecule has 1 saturated carbocycles. The van der Waals surface area contributed by atoms with Gasteiger partial charge in [-0.2, -0.15) is 4.57 Å². The van der Waals surface area contributed by atoms with E-state index in [9.17, 15) is 0 Å². The zero-order chi connectivity index (χ0) is 33.5. The van der Waals surface area contributed by atoms with E-state index in [1.165, 1.54) is 94.4 Å². The minimum atomic E-state index is -0.0861. The van der Waals surface area contributed by atoms with Crippen molar-refractivity contribution in [1.82, 2.24) is 0 Å². The predicted octanol–water partition coefficient (Wildman–Crippen LogP) is 11.1. The van der Waals surface area contributed by atoms with E-state index in [2.05, 4.69) is 146 Å². The molecule has 4 aliphatic rings. The van der Waals surface area contributed by atoms with Gasteiger partial charge in [0.25, 0.3) is 0 Å². The van der Waals surface area contributed by atoms with Crippen LogP contribution in [0.25, 0.3) is 39.2 Å². The fourth-order valence-electron chi connectivity index (χ4n) is 9.61. The van der Waals surface area contributed by atoms with E-state index < -0.39 is 0 Å². The molecule has 1 aliphatic heterocycles. The van der Waals surface area contributed by atoms with Gasteiger partial charge >= 0.3 is 0 Å². The first-order valence-electron chi connectivity index (χ1n) is 19.1. The Balaban J connectivity index is 1.30. The number of hydrogen-bond acceptors (Lipinski definition) is 0. The molecule has 0 amide bonds. The normalized spacial score (nSPS) is 19.4. The van der Waals surface area contributed by atoms with Crippen molar-refractivity contribution in [3.63, 3.8) is 0 Å². The van der Waals surface area contributed by atoms with Crippen LogP contribution in [0.3, 0.4) is 0 Å². The molecule has 2 heteroatoms. The molecule has 0 spiro atoms. The first-order chi connectivity index (χ1) is 24.0. The zero-order valence-electron chi connectivity index (χ0n) is 30.0. The van der Waals surface area contributed by atoms with E-state index in [1.807, 2.05) is 0 Å². The number of aromatic nitrogens is 2. The summed E-state index contributed by atoms with van der Waals surface area (Å²) in [7, 11) is 2.22. The number of hydrogen-bond donors (Lipinski definition) is 0. The highest BCUT2D eigenvalue weighted by molar-refractivity contribution is 5.84. The van der Waals surface area contributed by atoms with E-state index in [-0.39, 0.29) is 5.54 Å². The maximum Gasteiger partial charge on any atom is 0.213 e. The zero-order valence-corrected chi connectivity index (χ0v) is 30.0. The van der Waals surface area contributed by atoms with Gasteiger partial charge in [0.2, 0.25) is 11.4 Å². The van der Waals surface area contributed by atoms with Crippen LogP contribution in [0, 0.1) is 0 Å². The lowest BCUT2D eigenvalue weighted by atomic mass is 9.66. The first-order valence-corrected chi connectivity index (χ1v) is 19.1. The van der Waals surface area contributed by atoms with Gasteiger partial charge in [0.05, 0.1) is 5.56 Å². The molecule has 1 fully saturated rings. The molecule has 5 aromatic rings. The Kier molecular flexibility index (Phi) is 8.60. The van der Waals surface area contributed by atoms with Gasteiger partial charge in [0, 0.05) is 47.7 Å². The Morgan fingerprint density at radius 3 is 2.10 bits per heavy atom. The van der Waals surface area contributed by atoms with Gasteiger partial charge in [-0.15, -0.1) is 0 Å². The van der Waals surface area contributed by atoms with Gasteiger partial charge in [0.1, 0.15) is 7.05 Å². The van der Waals surface area contributed by atoms with Crippen LogP contribution in [-0.4, -0.2) is 0 Å². The highest BCUT2D eigenvalue weighted by atomic mass is 15.1. The van der Waals surface area contributed by atoms with Crippen LogP contribution in [0.5, 0.6) is 0 Å². The summed E-state index contributed by atoms with van der Waals surface area (Å²) in [5.41, 5.74) is 17.0. The Morgan fingerprint density at radius 1 is 0.694 bits per heavy atom. The van der Waals surface area contributed by atoms with Crippen molar-refractivity contribution in [2.45, 2.75) is 102 Å². The first kappa shape index (κ1) is 31.9. The van der Waals surface area contributed by atoms with Gasteiger partial charge in [-0.1, -0.05) is 87.9 Å². The van der Waals surface area contributed by atoms with Gasteiger partial charge in [-0.3, -0.25) is 0 Å². The second-order valence-corrected chi connectivity index (χ2v) is 15.0. The molecule has 0 radical (unpaired) electrons. The van der Waals surface area contributed by atoms with Crippen molar-refractivity contribution in [3.8, 4) is 33.6 Å². The number of aryl methyl sites for hydroxylation is 2. The van der Waals surface area contributed by atoms with E-state index >= 15 is 0 Å². The molecule has 3 aliphatic carbocycles. The second-order valence-electron chi connectivity index (χ2n) is 15.0. The second kappa shape index (κ2) is 13.2. The number of allylic oxidation sites excluding steroid dienone is 2. The largest absolute Gasteiger partial charge is 0.213 e. The van der Waals surface area contributed by atoms with Crippen LogP contribution >= 0.6 is 0 Å². The monoisotopic (exact) mass is 644 g/mol. The summed E-state index contributed by atoms with van der Waals surface area (Å²) in [6, 6.07) is 34.8. The van der Waals surface area contributed by atoms with Crippen LogP contribution in [-0.2, 0) is 25.4 Å². The Bertz CT molecular complexity index is 2020. The smallest absolute Gasteiger partial charge is 0.201 e. The topological polar surface area (TPSA) is 7.76 Å². The molecular formula is C47H52N2+2. The molecule has 2 nitrogen and oxygen atoms in total. The summed E-state index contributed by atoms with van der Waals surface area (Å²) in [5, 5.41) is 0. The molecule has 2 aromatic heterocycles. The molecule has 9 rings (SSSR count). The maximum absolute atomic E-state index is 2.67. The summed E-state index contributed by atoms with van der Waals surface area (Å²) < 4.78 is 5.01. The number of benzene rings is 3. The van der Waals surface area contributed by atoms with Crippen LogP contribution in [0.2, 0.25) is 0 Å². The van der Waals surface area contributed by atoms with Crippen molar-refractivity contribution < 1.29 is 9.13 Å². The van der Waals surface area contributed by atoms with Crippen molar-refractivity contribution in [2.24, 2.45) is 7.05 Å². The van der Waals surface area contributed by atoms with Gasteiger partial charge in [-0.25, -0.2) is 4.57 Å². The molecular weight excluding hydrogens is 593 g/mol. The van der Waals surface area contributed by atoms with E-state index in [0.717, 1.165) is 31.6 Å². The van der Waals surface area contributed by atoms with Crippen LogP contribution in [0.4, 0.5) is 0 Å². The maximum atomic E-state index is 2.67. The SMILES string of the molecule is CCCCc1ccc2[n+](c1)C(CC)(CC)C(=CCc1cc3c(cc1-c1cc(-c4ccccc4)cc[n+]1C)C1CCC3CC1)c1ccccc1-2. The van der Waals surface area contributed by atoms with Crippen LogP contribution in [0.15, 0.2) is 109 Å². The number of nitrogens with zero attached hydrogens (tertiary/aromatic N) is 2. The van der Waals surface area contributed by atoms with Crippen LogP contribution in [0.1, 0.15) is 112 Å². The number of pyridine rings is 2. The van der Waals surface area contributed by atoms with Crippen molar-refractivity contribution >= 4 is 5.57 Å². The standard InChI is InChI=1S/C47H52N2/c1-5-8-14-33-19-26-45-40-18-13-12-17-39(40)44(47(6-2,7-3)49(45)32-33)25-24-38-29-41-35-20-22-36(23-21-35)42(41)31-43(38)46-30-37(27-28-48(46)4)34-15-10-9-11-16-34/h9-13,15-19,25-32,35-36H,5-8,14,20-24H2,1-4H3/q+2. The third kappa shape index (κ3) is 5.49. The lowest BCUT2D eigenvalue weighted by Crippen LogP contribution is -2.59.